The molecular formula is C24H34O6. The summed E-state index contributed by atoms with van der Waals surface area (Å²) in [6.45, 7) is 10.8. The standard InChI is InChI=1S/C24H34O6/c1-13(2)8-7-9-14(3)21-19-11-18(12-29-16(5)25)23(27)24(28)22(19)15(4)10-20(21)30-17(6)26/h8,11,14-15,20-21,27-28H,7,9-10,12H2,1-6H3/t14-,15+,20+,21-/m0/s1. The van der Waals surface area contributed by atoms with Crippen molar-refractivity contribution >= 4 is 11.9 Å². The van der Waals surface area contributed by atoms with Gasteiger partial charge in [-0.25, -0.2) is 0 Å². The van der Waals surface area contributed by atoms with Crippen molar-refractivity contribution in [3.05, 3.63) is 34.4 Å². The summed E-state index contributed by atoms with van der Waals surface area (Å²) >= 11 is 0. The highest BCUT2D eigenvalue weighted by Gasteiger charge is 2.40. The summed E-state index contributed by atoms with van der Waals surface area (Å²) in [4.78, 5) is 23.0. The zero-order chi connectivity index (χ0) is 22.6. The van der Waals surface area contributed by atoms with E-state index in [4.69, 9.17) is 9.47 Å². The number of carbonyl (C=O) groups excluding carboxylic acids is 2. The van der Waals surface area contributed by atoms with E-state index >= 15 is 0 Å². The van der Waals surface area contributed by atoms with Gasteiger partial charge in [0, 0.05) is 30.9 Å². The highest BCUT2D eigenvalue weighted by Crippen LogP contribution is 2.51. The van der Waals surface area contributed by atoms with Crippen molar-refractivity contribution in [1.82, 2.24) is 0 Å². The molecule has 0 aromatic heterocycles. The highest BCUT2D eigenvalue weighted by atomic mass is 16.5. The largest absolute Gasteiger partial charge is 0.504 e. The first-order valence-electron chi connectivity index (χ1n) is 10.5. The lowest BCUT2D eigenvalue weighted by Gasteiger charge is -2.40. The van der Waals surface area contributed by atoms with Gasteiger partial charge in [0.1, 0.15) is 12.7 Å². The Balaban J connectivity index is 2.52. The number of rotatable bonds is 7. The van der Waals surface area contributed by atoms with E-state index in [0.717, 1.165) is 18.4 Å². The summed E-state index contributed by atoms with van der Waals surface area (Å²) in [7, 11) is 0. The molecule has 0 saturated carbocycles. The van der Waals surface area contributed by atoms with Crippen molar-refractivity contribution in [2.75, 3.05) is 0 Å². The molecule has 0 unspecified atom stereocenters. The van der Waals surface area contributed by atoms with Crippen molar-refractivity contribution in [3.63, 3.8) is 0 Å². The first-order valence-corrected chi connectivity index (χ1v) is 10.5. The van der Waals surface area contributed by atoms with Crippen LogP contribution in [0.5, 0.6) is 11.5 Å². The molecule has 0 bridgehead atoms. The van der Waals surface area contributed by atoms with Gasteiger partial charge in [0.25, 0.3) is 0 Å². The Morgan fingerprint density at radius 1 is 1.17 bits per heavy atom. The lowest BCUT2D eigenvalue weighted by atomic mass is 9.69. The van der Waals surface area contributed by atoms with Crippen LogP contribution in [0.15, 0.2) is 17.7 Å². The van der Waals surface area contributed by atoms with Gasteiger partial charge in [0.15, 0.2) is 11.5 Å². The highest BCUT2D eigenvalue weighted by molar-refractivity contribution is 5.67. The van der Waals surface area contributed by atoms with Gasteiger partial charge in [-0.2, -0.15) is 0 Å². The molecule has 0 radical (unpaired) electrons. The maximum Gasteiger partial charge on any atom is 0.302 e. The molecule has 30 heavy (non-hydrogen) atoms. The number of aromatic hydroxyl groups is 2. The number of ether oxygens (including phenoxy) is 2. The number of phenols is 2. The SMILES string of the molecule is CC(=O)OCc1cc2c(c(O)c1O)[C@H](C)C[C@@H](OC(C)=O)[C@H]2[C@@H](C)CCC=C(C)C. The van der Waals surface area contributed by atoms with Crippen molar-refractivity contribution < 1.29 is 29.3 Å². The molecule has 0 spiro atoms. The number of esters is 2. The zero-order valence-electron chi connectivity index (χ0n) is 18.8. The summed E-state index contributed by atoms with van der Waals surface area (Å²) in [6.07, 6.45) is 4.23. The molecular weight excluding hydrogens is 384 g/mol. The summed E-state index contributed by atoms with van der Waals surface area (Å²) in [6, 6.07) is 1.79. The maximum atomic E-state index is 11.8. The molecule has 1 aliphatic carbocycles. The van der Waals surface area contributed by atoms with Crippen LogP contribution in [0.4, 0.5) is 0 Å². The van der Waals surface area contributed by atoms with Gasteiger partial charge in [-0.1, -0.05) is 25.5 Å². The molecule has 1 aliphatic rings. The van der Waals surface area contributed by atoms with E-state index in [9.17, 15) is 19.8 Å². The second kappa shape index (κ2) is 10.0. The average molecular weight is 419 g/mol. The third-order valence-electron chi connectivity index (χ3n) is 5.80. The summed E-state index contributed by atoms with van der Waals surface area (Å²) in [5, 5.41) is 21.3. The van der Waals surface area contributed by atoms with Gasteiger partial charge in [-0.3, -0.25) is 9.59 Å². The summed E-state index contributed by atoms with van der Waals surface area (Å²) in [5.74, 6) is -1.30. The maximum absolute atomic E-state index is 11.8. The number of fused-ring (bicyclic) bond motifs is 1. The monoisotopic (exact) mass is 418 g/mol. The van der Waals surface area contributed by atoms with E-state index in [1.54, 1.807) is 6.07 Å². The quantitative estimate of drug-likeness (QED) is 0.365. The van der Waals surface area contributed by atoms with Gasteiger partial charge >= 0.3 is 11.9 Å². The molecule has 6 heteroatoms. The smallest absolute Gasteiger partial charge is 0.302 e. The van der Waals surface area contributed by atoms with Gasteiger partial charge in [-0.15, -0.1) is 0 Å². The molecule has 4 atom stereocenters. The zero-order valence-corrected chi connectivity index (χ0v) is 18.8. The second-order valence-electron chi connectivity index (χ2n) is 8.66. The molecule has 1 aromatic carbocycles. The molecule has 0 aliphatic heterocycles. The van der Waals surface area contributed by atoms with Crippen LogP contribution >= 0.6 is 0 Å². The van der Waals surface area contributed by atoms with Crippen LogP contribution in [0.3, 0.4) is 0 Å². The Labute approximate surface area is 178 Å². The fraction of sp³-hybridized carbons (Fsp3) is 0.583. The van der Waals surface area contributed by atoms with Gasteiger partial charge < -0.3 is 19.7 Å². The van der Waals surface area contributed by atoms with E-state index in [1.165, 1.54) is 19.4 Å². The minimum absolute atomic E-state index is 0.0979. The Kier molecular flexibility index (Phi) is 7.93. The van der Waals surface area contributed by atoms with Crippen molar-refractivity contribution in [1.29, 1.82) is 0 Å². The first-order chi connectivity index (χ1) is 14.0. The molecule has 0 heterocycles. The Bertz CT molecular complexity index is 821. The minimum Gasteiger partial charge on any atom is -0.504 e. The third kappa shape index (κ3) is 5.55. The van der Waals surface area contributed by atoms with Crippen LogP contribution in [-0.2, 0) is 25.7 Å². The van der Waals surface area contributed by atoms with Crippen LogP contribution in [0.2, 0.25) is 0 Å². The Hall–Kier alpha value is -2.50. The van der Waals surface area contributed by atoms with Crippen LogP contribution < -0.4 is 0 Å². The van der Waals surface area contributed by atoms with Crippen LogP contribution in [0.25, 0.3) is 0 Å². The van der Waals surface area contributed by atoms with Crippen molar-refractivity contribution in [3.8, 4) is 11.5 Å². The lowest BCUT2D eigenvalue weighted by Crippen LogP contribution is -2.35. The van der Waals surface area contributed by atoms with Gasteiger partial charge in [0.2, 0.25) is 0 Å². The number of benzene rings is 1. The first kappa shape index (κ1) is 23.8. The number of hydrogen-bond donors (Lipinski definition) is 2. The predicted octanol–water partition coefficient (Wildman–Crippen LogP) is 5.07. The molecule has 6 nitrogen and oxygen atoms in total. The summed E-state index contributed by atoms with van der Waals surface area (Å²) < 4.78 is 10.8. The third-order valence-corrected chi connectivity index (χ3v) is 5.80. The van der Waals surface area contributed by atoms with Crippen LogP contribution in [0, 0.1) is 5.92 Å². The number of allylic oxidation sites excluding steroid dienone is 2. The Morgan fingerprint density at radius 2 is 1.83 bits per heavy atom. The number of carbonyl (C=O) groups is 2. The molecule has 0 fully saturated rings. The molecule has 2 rings (SSSR count). The summed E-state index contributed by atoms with van der Waals surface area (Å²) in [5.41, 5.74) is 3.13. The molecule has 2 N–H and O–H groups in total. The van der Waals surface area contributed by atoms with Gasteiger partial charge in [-0.05, 0) is 56.6 Å². The molecule has 166 valence electrons. The van der Waals surface area contributed by atoms with E-state index in [-0.39, 0.29) is 47.9 Å². The lowest BCUT2D eigenvalue weighted by molar-refractivity contribution is -0.149. The fourth-order valence-corrected chi connectivity index (χ4v) is 4.47. The van der Waals surface area contributed by atoms with E-state index in [0.29, 0.717) is 17.5 Å². The van der Waals surface area contributed by atoms with E-state index in [2.05, 4.69) is 26.8 Å². The van der Waals surface area contributed by atoms with Crippen molar-refractivity contribution in [2.24, 2.45) is 5.92 Å². The van der Waals surface area contributed by atoms with Crippen molar-refractivity contribution in [2.45, 2.75) is 85.4 Å². The number of phenolic OH excluding ortho intramolecular Hbond substituents is 2. The predicted molar refractivity (Wildman–Crippen MR) is 114 cm³/mol. The molecule has 0 saturated heterocycles. The second-order valence-corrected chi connectivity index (χ2v) is 8.66. The van der Waals surface area contributed by atoms with E-state index < -0.39 is 5.97 Å². The van der Waals surface area contributed by atoms with E-state index in [1.807, 2.05) is 6.92 Å². The van der Waals surface area contributed by atoms with Crippen LogP contribution in [0.1, 0.15) is 89.3 Å². The molecule has 0 amide bonds. The number of hydrogen-bond acceptors (Lipinski definition) is 6. The molecule has 1 aromatic rings. The average Bonchev–Trinajstić information content (AvgIpc) is 2.62. The fourth-order valence-electron chi connectivity index (χ4n) is 4.47. The topological polar surface area (TPSA) is 93.1 Å². The van der Waals surface area contributed by atoms with Crippen LogP contribution in [-0.4, -0.2) is 28.3 Å². The Morgan fingerprint density at radius 3 is 2.40 bits per heavy atom. The minimum atomic E-state index is -0.468. The van der Waals surface area contributed by atoms with Gasteiger partial charge in [0.05, 0.1) is 0 Å². The normalized spacial score (nSPS) is 21.3.